The van der Waals surface area contributed by atoms with Crippen LogP contribution in [0, 0.1) is 0 Å². The Balaban J connectivity index is 1.58. The van der Waals surface area contributed by atoms with E-state index in [9.17, 15) is 4.79 Å². The number of furan rings is 1. The fourth-order valence-corrected chi connectivity index (χ4v) is 2.28. The fourth-order valence-electron chi connectivity index (χ4n) is 2.28. The predicted octanol–water partition coefficient (Wildman–Crippen LogP) is 2.13. The van der Waals surface area contributed by atoms with Gasteiger partial charge in [0, 0.05) is 32.0 Å². The van der Waals surface area contributed by atoms with Crippen LogP contribution in [0.5, 0.6) is 0 Å². The zero-order valence-corrected chi connectivity index (χ0v) is 12.1. The number of hydrogen-bond donors (Lipinski definition) is 1. The highest BCUT2D eigenvalue weighted by molar-refractivity contribution is 5.76. The molecule has 112 valence electrons. The van der Waals surface area contributed by atoms with E-state index in [0.717, 1.165) is 44.6 Å². The lowest BCUT2D eigenvalue weighted by Gasteiger charge is -2.25. The second-order valence-corrected chi connectivity index (χ2v) is 5.31. The second-order valence-electron chi connectivity index (χ2n) is 5.31. The standard InChI is InChI=1S/C15H24N2O3/c1-13(6-7-14-5-4-11-19-14)16-15(18)8-10-17-9-2-3-12-20-17/h4-5,11,13H,2-3,6-10,12H2,1H3,(H,16,18)/t13-/m1/s1. The number of nitrogens with zero attached hydrogens (tertiary/aromatic N) is 1. The van der Waals surface area contributed by atoms with E-state index in [-0.39, 0.29) is 11.9 Å². The summed E-state index contributed by atoms with van der Waals surface area (Å²) in [6, 6.07) is 4.01. The van der Waals surface area contributed by atoms with E-state index in [1.807, 2.05) is 24.1 Å². The summed E-state index contributed by atoms with van der Waals surface area (Å²) in [5, 5.41) is 4.92. The number of amides is 1. The van der Waals surface area contributed by atoms with Crippen LogP contribution in [-0.4, -0.2) is 36.7 Å². The molecule has 1 aliphatic heterocycles. The summed E-state index contributed by atoms with van der Waals surface area (Å²) in [6.45, 7) is 4.41. The summed E-state index contributed by atoms with van der Waals surface area (Å²) in [6.07, 6.45) is 6.18. The molecule has 20 heavy (non-hydrogen) atoms. The largest absolute Gasteiger partial charge is 0.469 e. The molecule has 1 saturated heterocycles. The van der Waals surface area contributed by atoms with Crippen molar-refractivity contribution >= 4 is 5.91 Å². The third-order valence-electron chi connectivity index (χ3n) is 3.48. The molecule has 0 bridgehead atoms. The van der Waals surface area contributed by atoms with Gasteiger partial charge in [-0.05, 0) is 38.3 Å². The first kappa shape index (κ1) is 15.1. The van der Waals surface area contributed by atoms with Crippen LogP contribution >= 0.6 is 0 Å². The van der Waals surface area contributed by atoms with Crippen molar-refractivity contribution in [1.29, 1.82) is 0 Å². The van der Waals surface area contributed by atoms with Gasteiger partial charge in [0.15, 0.2) is 0 Å². The first-order valence-corrected chi connectivity index (χ1v) is 7.43. The molecule has 1 aliphatic rings. The van der Waals surface area contributed by atoms with Crippen molar-refractivity contribution in [3.05, 3.63) is 24.2 Å². The lowest BCUT2D eigenvalue weighted by molar-refractivity contribution is -0.181. The predicted molar refractivity (Wildman–Crippen MR) is 76.0 cm³/mol. The minimum absolute atomic E-state index is 0.0890. The van der Waals surface area contributed by atoms with Crippen molar-refractivity contribution in [3.63, 3.8) is 0 Å². The van der Waals surface area contributed by atoms with E-state index < -0.39 is 0 Å². The number of carbonyl (C=O) groups excluding carboxylic acids is 1. The highest BCUT2D eigenvalue weighted by Crippen LogP contribution is 2.07. The van der Waals surface area contributed by atoms with Crippen LogP contribution in [0.3, 0.4) is 0 Å². The molecule has 0 unspecified atom stereocenters. The third-order valence-corrected chi connectivity index (χ3v) is 3.48. The molecule has 0 spiro atoms. The lowest BCUT2D eigenvalue weighted by Crippen LogP contribution is -2.37. The molecule has 0 saturated carbocycles. The highest BCUT2D eigenvalue weighted by atomic mass is 16.7. The first-order chi connectivity index (χ1) is 9.74. The zero-order valence-electron chi connectivity index (χ0n) is 12.1. The Bertz CT molecular complexity index is 386. The Labute approximate surface area is 120 Å². The number of hydroxylamine groups is 2. The van der Waals surface area contributed by atoms with Gasteiger partial charge in [-0.25, -0.2) is 0 Å². The van der Waals surface area contributed by atoms with Crippen LogP contribution in [0.25, 0.3) is 0 Å². The normalized spacial score (nSPS) is 17.9. The molecule has 5 heteroatoms. The number of carbonyl (C=O) groups is 1. The summed E-state index contributed by atoms with van der Waals surface area (Å²) in [5.74, 6) is 1.05. The molecule has 1 atom stereocenters. The van der Waals surface area contributed by atoms with Crippen molar-refractivity contribution in [1.82, 2.24) is 10.4 Å². The van der Waals surface area contributed by atoms with Crippen LogP contribution in [0.4, 0.5) is 0 Å². The average Bonchev–Trinajstić information content (AvgIpc) is 2.97. The Morgan fingerprint density at radius 2 is 2.40 bits per heavy atom. The maximum atomic E-state index is 11.8. The summed E-state index contributed by atoms with van der Waals surface area (Å²) in [5.41, 5.74) is 0. The topological polar surface area (TPSA) is 54.7 Å². The molecule has 1 amide bonds. The molecule has 2 rings (SSSR count). The number of aryl methyl sites for hydroxylation is 1. The van der Waals surface area contributed by atoms with Crippen molar-refractivity contribution < 1.29 is 14.0 Å². The lowest BCUT2D eigenvalue weighted by atomic mass is 10.1. The van der Waals surface area contributed by atoms with Gasteiger partial charge in [-0.2, -0.15) is 5.06 Å². The van der Waals surface area contributed by atoms with Gasteiger partial charge in [0.1, 0.15) is 5.76 Å². The van der Waals surface area contributed by atoms with Crippen LogP contribution in [0.2, 0.25) is 0 Å². The fraction of sp³-hybridized carbons (Fsp3) is 0.667. The summed E-state index contributed by atoms with van der Waals surface area (Å²) >= 11 is 0. The van der Waals surface area contributed by atoms with Gasteiger partial charge >= 0.3 is 0 Å². The third kappa shape index (κ3) is 5.35. The van der Waals surface area contributed by atoms with Gasteiger partial charge in [0.05, 0.1) is 12.9 Å². The van der Waals surface area contributed by atoms with Gasteiger partial charge in [0.2, 0.25) is 5.91 Å². The molecule has 0 radical (unpaired) electrons. The summed E-state index contributed by atoms with van der Waals surface area (Å²) in [4.78, 5) is 17.3. The molecule has 0 aliphatic carbocycles. The van der Waals surface area contributed by atoms with Gasteiger partial charge in [-0.1, -0.05) is 0 Å². The Kier molecular flexibility index (Phi) is 6.08. The van der Waals surface area contributed by atoms with Gasteiger partial charge in [0.25, 0.3) is 0 Å². The van der Waals surface area contributed by atoms with Gasteiger partial charge < -0.3 is 9.73 Å². The van der Waals surface area contributed by atoms with Crippen LogP contribution < -0.4 is 5.32 Å². The number of nitrogens with one attached hydrogen (secondary N) is 1. The SMILES string of the molecule is C[C@H](CCc1ccco1)NC(=O)CCN1CCCCO1. The maximum Gasteiger partial charge on any atom is 0.221 e. The number of hydrogen-bond acceptors (Lipinski definition) is 4. The Morgan fingerprint density at radius 1 is 1.50 bits per heavy atom. The van der Waals surface area contributed by atoms with E-state index in [4.69, 9.17) is 9.25 Å². The van der Waals surface area contributed by atoms with Crippen LogP contribution in [0.15, 0.2) is 22.8 Å². The smallest absolute Gasteiger partial charge is 0.221 e. The van der Waals surface area contributed by atoms with E-state index in [1.54, 1.807) is 6.26 Å². The molecule has 1 fully saturated rings. The molecule has 2 heterocycles. The average molecular weight is 280 g/mol. The summed E-state index contributed by atoms with van der Waals surface area (Å²) < 4.78 is 5.28. The molecule has 1 aromatic heterocycles. The van der Waals surface area contributed by atoms with Crippen molar-refractivity contribution in [2.45, 2.75) is 45.1 Å². The first-order valence-electron chi connectivity index (χ1n) is 7.43. The molecular formula is C15H24N2O3. The van der Waals surface area contributed by atoms with Crippen LogP contribution in [0.1, 0.15) is 38.4 Å². The molecule has 0 aromatic carbocycles. The quantitative estimate of drug-likeness (QED) is 0.831. The minimum atomic E-state index is 0.0890. The second kappa shape index (κ2) is 8.07. The monoisotopic (exact) mass is 280 g/mol. The zero-order chi connectivity index (χ0) is 14.2. The van der Waals surface area contributed by atoms with E-state index in [0.29, 0.717) is 13.0 Å². The van der Waals surface area contributed by atoms with Crippen molar-refractivity contribution in [2.75, 3.05) is 19.7 Å². The molecule has 5 nitrogen and oxygen atoms in total. The molecule has 1 N–H and O–H groups in total. The maximum absolute atomic E-state index is 11.8. The highest BCUT2D eigenvalue weighted by Gasteiger charge is 2.13. The van der Waals surface area contributed by atoms with E-state index in [1.165, 1.54) is 0 Å². The van der Waals surface area contributed by atoms with Crippen molar-refractivity contribution in [2.24, 2.45) is 0 Å². The van der Waals surface area contributed by atoms with E-state index >= 15 is 0 Å². The molecular weight excluding hydrogens is 256 g/mol. The van der Waals surface area contributed by atoms with Gasteiger partial charge in [-0.15, -0.1) is 0 Å². The molecule has 1 aromatic rings. The van der Waals surface area contributed by atoms with Crippen LogP contribution in [-0.2, 0) is 16.1 Å². The summed E-state index contributed by atoms with van der Waals surface area (Å²) in [7, 11) is 0. The van der Waals surface area contributed by atoms with Crippen molar-refractivity contribution in [3.8, 4) is 0 Å². The van der Waals surface area contributed by atoms with Gasteiger partial charge in [-0.3, -0.25) is 9.63 Å². The number of rotatable bonds is 7. The van der Waals surface area contributed by atoms with E-state index in [2.05, 4.69) is 5.32 Å². The minimum Gasteiger partial charge on any atom is -0.469 e. The Hall–Kier alpha value is -1.33. The Morgan fingerprint density at radius 3 is 3.10 bits per heavy atom.